The van der Waals surface area contributed by atoms with Crippen molar-refractivity contribution in [1.29, 1.82) is 0 Å². The Morgan fingerprint density at radius 1 is 1.32 bits per heavy atom. The normalized spacial score (nSPS) is 18.7. The van der Waals surface area contributed by atoms with Crippen LogP contribution >= 0.6 is 0 Å². The van der Waals surface area contributed by atoms with Gasteiger partial charge in [0.1, 0.15) is 5.75 Å². The van der Waals surface area contributed by atoms with E-state index in [9.17, 15) is 13.9 Å². The largest absolute Gasteiger partial charge is 0.508 e. The molecule has 106 valence electrons. The van der Waals surface area contributed by atoms with Crippen molar-refractivity contribution in [3.05, 3.63) is 29.3 Å². The molecule has 1 aliphatic rings. The molecule has 1 aliphatic heterocycles. The van der Waals surface area contributed by atoms with Crippen molar-refractivity contribution in [2.24, 2.45) is 0 Å². The summed E-state index contributed by atoms with van der Waals surface area (Å²) in [5.41, 5.74) is 1.53. The van der Waals surface area contributed by atoms with Gasteiger partial charge in [-0.1, -0.05) is 12.1 Å². The maximum Gasteiger partial charge on any atom is 0.240 e. The zero-order chi connectivity index (χ0) is 13.8. The minimum absolute atomic E-state index is 0.115. The molecule has 0 radical (unpaired) electrons. The molecule has 0 amide bonds. The lowest BCUT2D eigenvalue weighted by molar-refractivity contribution is 0.0730. The summed E-state index contributed by atoms with van der Waals surface area (Å²) in [5.74, 6) is 0.115. The SMILES string of the molecule is Cc1ccc([C@H](CC(F)F)N2CCNCC2)c(O)c1. The highest BCUT2D eigenvalue weighted by molar-refractivity contribution is 5.38. The lowest BCUT2D eigenvalue weighted by atomic mass is 9.99. The van der Waals surface area contributed by atoms with Gasteiger partial charge in [0.2, 0.25) is 6.43 Å². The summed E-state index contributed by atoms with van der Waals surface area (Å²) in [6.07, 6.45) is -2.61. The number of aryl methyl sites for hydroxylation is 1. The second-order valence-electron chi connectivity index (χ2n) is 4.99. The summed E-state index contributed by atoms with van der Waals surface area (Å²) in [4.78, 5) is 2.02. The van der Waals surface area contributed by atoms with Gasteiger partial charge >= 0.3 is 0 Å². The number of aromatic hydroxyl groups is 1. The minimum atomic E-state index is -2.37. The molecule has 19 heavy (non-hydrogen) atoms. The van der Waals surface area contributed by atoms with Crippen LogP contribution in [-0.2, 0) is 0 Å². The van der Waals surface area contributed by atoms with Gasteiger partial charge in [-0.05, 0) is 18.6 Å². The average molecular weight is 270 g/mol. The molecule has 0 saturated carbocycles. The topological polar surface area (TPSA) is 35.5 Å². The standard InChI is InChI=1S/C14H20F2N2O/c1-10-2-3-11(13(19)8-10)12(9-14(15)16)18-6-4-17-5-7-18/h2-3,8,12,14,17,19H,4-7,9H2,1H3/t12-/m0/s1. The van der Waals surface area contributed by atoms with Gasteiger partial charge in [0.15, 0.2) is 0 Å². The van der Waals surface area contributed by atoms with Gasteiger partial charge < -0.3 is 10.4 Å². The molecular formula is C14H20F2N2O. The molecule has 2 N–H and O–H groups in total. The van der Waals surface area contributed by atoms with E-state index in [1.807, 2.05) is 17.9 Å². The summed E-state index contributed by atoms with van der Waals surface area (Å²) in [7, 11) is 0. The fraction of sp³-hybridized carbons (Fsp3) is 0.571. The Kier molecular flexibility index (Phi) is 4.71. The third kappa shape index (κ3) is 3.64. The van der Waals surface area contributed by atoms with Crippen LogP contribution in [0.1, 0.15) is 23.6 Å². The number of phenols is 1. The Morgan fingerprint density at radius 3 is 2.58 bits per heavy atom. The monoisotopic (exact) mass is 270 g/mol. The Morgan fingerprint density at radius 2 is 2.00 bits per heavy atom. The highest BCUT2D eigenvalue weighted by Crippen LogP contribution is 2.33. The number of rotatable bonds is 4. The summed E-state index contributed by atoms with van der Waals surface area (Å²) < 4.78 is 25.6. The number of phenolic OH excluding ortho intramolecular Hbond substituents is 1. The van der Waals surface area contributed by atoms with E-state index >= 15 is 0 Å². The molecule has 0 aliphatic carbocycles. The van der Waals surface area contributed by atoms with Gasteiger partial charge in [-0.25, -0.2) is 8.78 Å². The number of hydrogen-bond donors (Lipinski definition) is 2. The maximum absolute atomic E-state index is 12.8. The van der Waals surface area contributed by atoms with E-state index in [1.54, 1.807) is 12.1 Å². The molecule has 5 heteroatoms. The predicted octanol–water partition coefficient (Wildman–Crippen LogP) is 2.30. The molecule has 0 unspecified atom stereocenters. The number of halogens is 2. The van der Waals surface area contributed by atoms with E-state index in [0.29, 0.717) is 5.56 Å². The van der Waals surface area contributed by atoms with Crippen LogP contribution in [0.2, 0.25) is 0 Å². The molecule has 1 saturated heterocycles. The quantitative estimate of drug-likeness (QED) is 0.881. The Hall–Kier alpha value is -1.20. The van der Waals surface area contributed by atoms with Crippen LogP contribution in [0, 0.1) is 6.92 Å². The smallest absolute Gasteiger partial charge is 0.240 e. The molecule has 2 rings (SSSR count). The van der Waals surface area contributed by atoms with Crippen molar-refractivity contribution in [3.63, 3.8) is 0 Å². The Bertz CT molecular complexity index is 420. The lowest BCUT2D eigenvalue weighted by Gasteiger charge is -2.35. The van der Waals surface area contributed by atoms with E-state index in [4.69, 9.17) is 0 Å². The predicted molar refractivity (Wildman–Crippen MR) is 70.6 cm³/mol. The molecule has 1 aromatic rings. The summed E-state index contributed by atoms with van der Waals surface area (Å²) in [6.45, 7) is 4.92. The summed E-state index contributed by atoms with van der Waals surface area (Å²) in [6, 6.07) is 4.84. The minimum Gasteiger partial charge on any atom is -0.508 e. The molecule has 0 bridgehead atoms. The highest BCUT2D eigenvalue weighted by atomic mass is 19.3. The van der Waals surface area contributed by atoms with Gasteiger partial charge in [-0.2, -0.15) is 0 Å². The second kappa shape index (κ2) is 6.30. The summed E-state index contributed by atoms with van der Waals surface area (Å²) in [5, 5.41) is 13.2. The van der Waals surface area contributed by atoms with Crippen LogP contribution in [0.15, 0.2) is 18.2 Å². The van der Waals surface area contributed by atoms with Crippen LogP contribution in [0.25, 0.3) is 0 Å². The van der Waals surface area contributed by atoms with Crippen LogP contribution in [-0.4, -0.2) is 42.6 Å². The van der Waals surface area contributed by atoms with E-state index in [0.717, 1.165) is 31.7 Å². The van der Waals surface area contributed by atoms with E-state index in [2.05, 4.69) is 5.32 Å². The van der Waals surface area contributed by atoms with Crippen molar-refractivity contribution >= 4 is 0 Å². The fourth-order valence-electron chi connectivity index (χ4n) is 2.57. The first kappa shape index (κ1) is 14.2. The van der Waals surface area contributed by atoms with Gasteiger partial charge in [-0.3, -0.25) is 4.90 Å². The molecule has 1 atom stereocenters. The zero-order valence-electron chi connectivity index (χ0n) is 11.1. The fourth-order valence-corrected chi connectivity index (χ4v) is 2.57. The van der Waals surface area contributed by atoms with Crippen LogP contribution in [0.5, 0.6) is 5.75 Å². The Balaban J connectivity index is 2.25. The van der Waals surface area contributed by atoms with E-state index in [1.165, 1.54) is 0 Å². The highest BCUT2D eigenvalue weighted by Gasteiger charge is 2.27. The maximum atomic E-state index is 12.8. The molecule has 1 fully saturated rings. The molecular weight excluding hydrogens is 250 g/mol. The number of alkyl halides is 2. The van der Waals surface area contributed by atoms with E-state index < -0.39 is 12.5 Å². The van der Waals surface area contributed by atoms with Crippen molar-refractivity contribution < 1.29 is 13.9 Å². The third-order valence-electron chi connectivity index (χ3n) is 3.54. The van der Waals surface area contributed by atoms with E-state index in [-0.39, 0.29) is 12.2 Å². The van der Waals surface area contributed by atoms with Crippen molar-refractivity contribution in [1.82, 2.24) is 10.2 Å². The number of piperazine rings is 1. The van der Waals surface area contributed by atoms with Gasteiger partial charge in [-0.15, -0.1) is 0 Å². The number of nitrogens with zero attached hydrogens (tertiary/aromatic N) is 1. The third-order valence-corrected chi connectivity index (χ3v) is 3.54. The lowest BCUT2D eigenvalue weighted by Crippen LogP contribution is -2.45. The average Bonchev–Trinajstić information content (AvgIpc) is 2.37. The second-order valence-corrected chi connectivity index (χ2v) is 4.99. The zero-order valence-corrected chi connectivity index (χ0v) is 11.1. The summed E-state index contributed by atoms with van der Waals surface area (Å²) >= 11 is 0. The molecule has 1 aromatic carbocycles. The molecule has 1 heterocycles. The first-order valence-electron chi connectivity index (χ1n) is 6.60. The van der Waals surface area contributed by atoms with Crippen molar-refractivity contribution in [2.75, 3.05) is 26.2 Å². The van der Waals surface area contributed by atoms with Gasteiger partial charge in [0.25, 0.3) is 0 Å². The van der Waals surface area contributed by atoms with Gasteiger partial charge in [0, 0.05) is 44.2 Å². The van der Waals surface area contributed by atoms with Crippen LogP contribution < -0.4 is 5.32 Å². The van der Waals surface area contributed by atoms with Crippen molar-refractivity contribution in [2.45, 2.75) is 25.8 Å². The molecule has 0 aromatic heterocycles. The number of hydrogen-bond acceptors (Lipinski definition) is 3. The number of nitrogens with one attached hydrogen (secondary N) is 1. The van der Waals surface area contributed by atoms with Crippen molar-refractivity contribution in [3.8, 4) is 5.75 Å². The molecule has 0 spiro atoms. The van der Waals surface area contributed by atoms with Crippen LogP contribution in [0.3, 0.4) is 0 Å². The first-order chi connectivity index (χ1) is 9.08. The first-order valence-corrected chi connectivity index (χ1v) is 6.60. The Labute approximate surface area is 112 Å². The number of benzene rings is 1. The van der Waals surface area contributed by atoms with Gasteiger partial charge in [0.05, 0.1) is 0 Å². The van der Waals surface area contributed by atoms with Crippen LogP contribution in [0.4, 0.5) is 8.78 Å². The molecule has 3 nitrogen and oxygen atoms in total.